The fourth-order valence-electron chi connectivity index (χ4n) is 3.04. The van der Waals surface area contributed by atoms with Gasteiger partial charge in [-0.3, -0.25) is 9.59 Å². The van der Waals surface area contributed by atoms with Crippen molar-refractivity contribution in [2.45, 2.75) is 17.1 Å². The molecule has 29 heavy (non-hydrogen) atoms. The van der Waals surface area contributed by atoms with Crippen molar-refractivity contribution in [1.29, 1.82) is 0 Å². The highest BCUT2D eigenvalue weighted by Crippen LogP contribution is 2.36. The van der Waals surface area contributed by atoms with Crippen LogP contribution in [-0.4, -0.2) is 66.1 Å². The highest BCUT2D eigenvalue weighted by Gasteiger charge is 2.22. The first-order valence-corrected chi connectivity index (χ1v) is 9.93. The number of amides is 1. The Bertz CT molecular complexity index is 969. The molecule has 0 radical (unpaired) electrons. The molecular formula is C19H24N6O3S. The second-order valence-electron chi connectivity index (χ2n) is 6.62. The maximum atomic E-state index is 11.9. The van der Waals surface area contributed by atoms with E-state index in [-0.39, 0.29) is 17.3 Å². The molecule has 0 aliphatic carbocycles. The van der Waals surface area contributed by atoms with Crippen molar-refractivity contribution in [1.82, 2.24) is 19.9 Å². The first-order valence-electron chi connectivity index (χ1n) is 9.11. The standard InChI is InChI=1S/C19H24N6O3S/c1-5-13-10-16(29-19-21-14(20-12(2)26)11-15(27)22-19)23-18(28-4)17(13)25-8-6-24(3)7-9-25/h5,10-11H,1,6-9H2,2-4H3,(H2,20,21,22,26,27). The Labute approximate surface area is 173 Å². The Morgan fingerprint density at radius 2 is 2.03 bits per heavy atom. The van der Waals surface area contributed by atoms with Gasteiger partial charge in [0.05, 0.1) is 7.11 Å². The van der Waals surface area contributed by atoms with E-state index in [1.54, 1.807) is 13.2 Å². The van der Waals surface area contributed by atoms with E-state index in [9.17, 15) is 9.59 Å². The zero-order valence-corrected chi connectivity index (χ0v) is 17.5. The number of pyridine rings is 1. The van der Waals surface area contributed by atoms with E-state index in [1.807, 2.05) is 6.07 Å². The molecule has 0 bridgehead atoms. The zero-order valence-electron chi connectivity index (χ0n) is 16.7. The first kappa shape index (κ1) is 20.9. The van der Waals surface area contributed by atoms with Gasteiger partial charge in [-0.1, -0.05) is 12.7 Å². The molecule has 0 spiro atoms. The van der Waals surface area contributed by atoms with Crippen molar-refractivity contribution in [3.63, 3.8) is 0 Å². The summed E-state index contributed by atoms with van der Waals surface area (Å²) in [5.74, 6) is 0.382. The lowest BCUT2D eigenvalue weighted by Gasteiger charge is -2.35. The van der Waals surface area contributed by atoms with Gasteiger partial charge in [-0.25, -0.2) is 9.97 Å². The molecule has 0 aromatic carbocycles. The fourth-order valence-corrected chi connectivity index (χ4v) is 3.84. The second kappa shape index (κ2) is 9.10. The summed E-state index contributed by atoms with van der Waals surface area (Å²) in [6.07, 6.45) is 1.77. The average Bonchev–Trinajstić information content (AvgIpc) is 2.67. The molecule has 1 aliphatic rings. The quantitative estimate of drug-likeness (QED) is 0.686. The molecule has 0 saturated carbocycles. The Hall–Kier alpha value is -2.85. The molecule has 1 amide bonds. The number of aromatic nitrogens is 3. The van der Waals surface area contributed by atoms with Crippen molar-refractivity contribution in [3.05, 3.63) is 34.6 Å². The number of rotatable bonds is 6. The van der Waals surface area contributed by atoms with E-state index >= 15 is 0 Å². The van der Waals surface area contributed by atoms with Crippen LogP contribution < -0.4 is 20.5 Å². The second-order valence-corrected chi connectivity index (χ2v) is 7.63. The van der Waals surface area contributed by atoms with Crippen LogP contribution in [0.2, 0.25) is 0 Å². The Morgan fingerprint density at radius 3 is 2.66 bits per heavy atom. The zero-order chi connectivity index (χ0) is 21.0. The number of nitrogens with zero attached hydrogens (tertiary/aromatic N) is 4. The van der Waals surface area contributed by atoms with Gasteiger partial charge in [0, 0.05) is 44.7 Å². The summed E-state index contributed by atoms with van der Waals surface area (Å²) < 4.78 is 5.57. The summed E-state index contributed by atoms with van der Waals surface area (Å²) in [5, 5.41) is 3.43. The summed E-state index contributed by atoms with van der Waals surface area (Å²) in [6, 6.07) is 3.12. The molecule has 2 aromatic rings. The summed E-state index contributed by atoms with van der Waals surface area (Å²) in [7, 11) is 3.69. The predicted octanol–water partition coefficient (Wildman–Crippen LogP) is 1.68. The van der Waals surface area contributed by atoms with E-state index < -0.39 is 0 Å². The van der Waals surface area contributed by atoms with Crippen molar-refractivity contribution < 1.29 is 9.53 Å². The number of carbonyl (C=O) groups excluding carboxylic acids is 1. The third-order valence-electron chi connectivity index (χ3n) is 4.42. The maximum absolute atomic E-state index is 11.9. The van der Waals surface area contributed by atoms with E-state index in [4.69, 9.17) is 4.74 Å². The molecule has 1 aliphatic heterocycles. The summed E-state index contributed by atoms with van der Waals surface area (Å²) in [6.45, 7) is 8.94. The average molecular weight is 417 g/mol. The van der Waals surface area contributed by atoms with Crippen LogP contribution in [0.3, 0.4) is 0 Å². The maximum Gasteiger partial charge on any atom is 0.253 e. The molecule has 0 unspecified atom stereocenters. The van der Waals surface area contributed by atoms with Gasteiger partial charge in [0.15, 0.2) is 5.16 Å². The van der Waals surface area contributed by atoms with Gasteiger partial charge in [0.1, 0.15) is 16.5 Å². The van der Waals surface area contributed by atoms with Crippen LogP contribution in [0.25, 0.3) is 6.08 Å². The van der Waals surface area contributed by atoms with E-state index in [2.05, 4.69) is 43.7 Å². The van der Waals surface area contributed by atoms with Gasteiger partial charge < -0.3 is 24.8 Å². The van der Waals surface area contributed by atoms with Crippen LogP contribution in [0.5, 0.6) is 5.88 Å². The van der Waals surface area contributed by atoms with E-state index in [0.717, 1.165) is 37.4 Å². The third kappa shape index (κ3) is 5.15. The van der Waals surface area contributed by atoms with Gasteiger partial charge >= 0.3 is 0 Å². The van der Waals surface area contributed by atoms with Gasteiger partial charge in [0.2, 0.25) is 11.8 Å². The molecule has 2 aromatic heterocycles. The molecule has 9 nitrogen and oxygen atoms in total. The molecule has 10 heteroatoms. The van der Waals surface area contributed by atoms with Crippen LogP contribution >= 0.6 is 11.8 Å². The fraction of sp³-hybridized carbons (Fsp3) is 0.368. The monoisotopic (exact) mass is 416 g/mol. The highest BCUT2D eigenvalue weighted by atomic mass is 32.2. The molecular weight excluding hydrogens is 392 g/mol. The smallest absolute Gasteiger partial charge is 0.253 e. The van der Waals surface area contributed by atoms with E-state index in [1.165, 1.54) is 24.8 Å². The number of ether oxygens (including phenoxy) is 1. The number of methoxy groups -OCH3 is 1. The lowest BCUT2D eigenvalue weighted by atomic mass is 10.1. The summed E-state index contributed by atoms with van der Waals surface area (Å²) >= 11 is 1.17. The number of hydrogen-bond acceptors (Lipinski definition) is 8. The number of aromatic amines is 1. The van der Waals surface area contributed by atoms with Crippen LogP contribution in [0.1, 0.15) is 12.5 Å². The predicted molar refractivity (Wildman–Crippen MR) is 114 cm³/mol. The van der Waals surface area contributed by atoms with Crippen LogP contribution in [0.4, 0.5) is 11.5 Å². The SMILES string of the molecule is C=Cc1cc(Sc2nc(NC(C)=O)cc(=O)[nH]2)nc(OC)c1N1CCN(C)CC1. The molecule has 2 N–H and O–H groups in total. The Kier molecular flexibility index (Phi) is 6.55. The van der Waals surface area contributed by atoms with Gasteiger partial charge in [0.25, 0.3) is 5.56 Å². The summed E-state index contributed by atoms with van der Waals surface area (Å²) in [5.41, 5.74) is 1.44. The van der Waals surface area contributed by atoms with E-state index in [0.29, 0.717) is 16.1 Å². The number of piperazine rings is 1. The van der Waals surface area contributed by atoms with Crippen LogP contribution in [0.15, 0.2) is 33.7 Å². The number of carbonyl (C=O) groups is 1. The lowest BCUT2D eigenvalue weighted by molar-refractivity contribution is -0.114. The third-order valence-corrected chi connectivity index (χ3v) is 5.23. The number of anilines is 2. The number of nitrogens with one attached hydrogen (secondary N) is 2. The first-order chi connectivity index (χ1) is 13.9. The number of hydrogen-bond donors (Lipinski definition) is 2. The largest absolute Gasteiger partial charge is 0.479 e. The minimum absolute atomic E-state index is 0.189. The van der Waals surface area contributed by atoms with Crippen LogP contribution in [-0.2, 0) is 4.79 Å². The molecule has 154 valence electrons. The van der Waals surface area contributed by atoms with Crippen molar-refractivity contribution in [2.75, 3.05) is 50.6 Å². The van der Waals surface area contributed by atoms with Crippen LogP contribution in [0, 0.1) is 0 Å². The summed E-state index contributed by atoms with van der Waals surface area (Å²) in [4.78, 5) is 39.2. The molecule has 3 rings (SSSR count). The number of likely N-dealkylation sites (N-methyl/N-ethyl adjacent to an activating group) is 1. The molecule has 1 saturated heterocycles. The van der Waals surface area contributed by atoms with Gasteiger partial charge in [-0.15, -0.1) is 0 Å². The highest BCUT2D eigenvalue weighted by molar-refractivity contribution is 7.99. The van der Waals surface area contributed by atoms with Crippen molar-refractivity contribution in [3.8, 4) is 5.88 Å². The van der Waals surface area contributed by atoms with Gasteiger partial charge in [-0.05, 0) is 24.9 Å². The Balaban J connectivity index is 1.93. The number of H-pyrrole nitrogens is 1. The van der Waals surface area contributed by atoms with Crippen molar-refractivity contribution in [2.24, 2.45) is 0 Å². The lowest BCUT2D eigenvalue weighted by Crippen LogP contribution is -2.44. The van der Waals surface area contributed by atoms with Crippen molar-refractivity contribution >= 4 is 35.3 Å². The molecule has 1 fully saturated rings. The van der Waals surface area contributed by atoms with Gasteiger partial charge in [-0.2, -0.15) is 0 Å². The minimum atomic E-state index is -0.365. The molecule has 0 atom stereocenters. The Morgan fingerprint density at radius 1 is 1.31 bits per heavy atom. The minimum Gasteiger partial charge on any atom is -0.479 e. The normalized spacial score (nSPS) is 14.5. The topological polar surface area (TPSA) is 103 Å². The molecule has 3 heterocycles.